The number of hydrogen-bond donors (Lipinski definition) is 2. The van der Waals surface area contributed by atoms with Crippen LogP contribution in [0.2, 0.25) is 0 Å². The molecule has 4 heteroatoms. The van der Waals surface area contributed by atoms with Gasteiger partial charge in [-0.1, -0.05) is 36.4 Å². The predicted molar refractivity (Wildman–Crippen MR) is 81.5 cm³/mol. The fourth-order valence-electron chi connectivity index (χ4n) is 1.53. The molecule has 2 aromatic carbocycles. The summed E-state index contributed by atoms with van der Waals surface area (Å²) in [6.07, 6.45) is -0.754. The zero-order valence-corrected chi connectivity index (χ0v) is 12.0. The minimum Gasteiger partial charge on any atom is -0.394 e. The smallest absolute Gasteiger partial charge is 0.0987 e. The molecule has 0 bridgehead atoms. The van der Waals surface area contributed by atoms with E-state index in [-0.39, 0.29) is 11.2 Å². The maximum absolute atomic E-state index is 9.95. The van der Waals surface area contributed by atoms with Crippen LogP contribution >= 0.6 is 23.5 Å². The average molecular weight is 292 g/mol. The Labute approximate surface area is 121 Å². The van der Waals surface area contributed by atoms with E-state index in [1.165, 1.54) is 0 Å². The highest BCUT2D eigenvalue weighted by atomic mass is 32.2. The number of benzene rings is 2. The van der Waals surface area contributed by atoms with Gasteiger partial charge in [0, 0.05) is 9.79 Å². The Bertz CT molecular complexity index is 435. The maximum atomic E-state index is 9.95. The zero-order chi connectivity index (χ0) is 13.5. The first-order chi connectivity index (χ1) is 9.29. The molecular weight excluding hydrogens is 276 g/mol. The second-order valence-corrected chi connectivity index (χ2v) is 6.71. The van der Waals surface area contributed by atoms with Gasteiger partial charge in [0.1, 0.15) is 0 Å². The van der Waals surface area contributed by atoms with Crippen LogP contribution in [0.5, 0.6) is 0 Å². The molecule has 0 aliphatic carbocycles. The van der Waals surface area contributed by atoms with E-state index in [1.54, 1.807) is 23.5 Å². The molecule has 0 aromatic heterocycles. The summed E-state index contributed by atoms with van der Waals surface area (Å²) < 4.78 is -0.130. The van der Waals surface area contributed by atoms with Crippen LogP contribution < -0.4 is 0 Å². The molecule has 0 aliphatic heterocycles. The van der Waals surface area contributed by atoms with Gasteiger partial charge in [0.2, 0.25) is 0 Å². The van der Waals surface area contributed by atoms with Gasteiger partial charge in [-0.25, -0.2) is 0 Å². The van der Waals surface area contributed by atoms with E-state index in [0.717, 1.165) is 9.79 Å². The first-order valence-corrected chi connectivity index (χ1v) is 7.78. The van der Waals surface area contributed by atoms with Crippen molar-refractivity contribution >= 4 is 23.5 Å². The van der Waals surface area contributed by atoms with Gasteiger partial charge in [0.25, 0.3) is 0 Å². The van der Waals surface area contributed by atoms with E-state index in [4.69, 9.17) is 0 Å². The molecule has 0 amide bonds. The lowest BCUT2D eigenvalue weighted by atomic mass is 10.4. The third-order valence-corrected chi connectivity index (χ3v) is 5.25. The van der Waals surface area contributed by atoms with Crippen molar-refractivity contribution in [2.24, 2.45) is 0 Å². The molecule has 0 aliphatic rings. The molecule has 1 atom stereocenters. The first kappa shape index (κ1) is 14.5. The average Bonchev–Trinajstić information content (AvgIpc) is 2.48. The molecule has 2 N–H and O–H groups in total. The molecule has 19 heavy (non-hydrogen) atoms. The van der Waals surface area contributed by atoms with E-state index < -0.39 is 6.10 Å². The van der Waals surface area contributed by atoms with Crippen LogP contribution in [0.15, 0.2) is 70.5 Å². The molecule has 0 heterocycles. The topological polar surface area (TPSA) is 40.5 Å². The van der Waals surface area contributed by atoms with E-state index >= 15 is 0 Å². The monoisotopic (exact) mass is 292 g/mol. The Balaban J connectivity index is 2.08. The van der Waals surface area contributed by atoms with Crippen molar-refractivity contribution in [1.82, 2.24) is 0 Å². The first-order valence-electron chi connectivity index (χ1n) is 6.02. The summed E-state index contributed by atoms with van der Waals surface area (Å²) in [7, 11) is 0. The minimum absolute atomic E-state index is 0.130. The van der Waals surface area contributed by atoms with Crippen LogP contribution in [-0.4, -0.2) is 27.5 Å². The SMILES string of the molecule is OCC(O)C(Sc1ccccc1)Sc1ccccc1. The van der Waals surface area contributed by atoms with E-state index in [1.807, 2.05) is 60.7 Å². The van der Waals surface area contributed by atoms with Gasteiger partial charge in [-0.05, 0) is 24.3 Å². The fraction of sp³-hybridized carbons (Fsp3) is 0.200. The van der Waals surface area contributed by atoms with E-state index in [2.05, 4.69) is 0 Å². The quantitative estimate of drug-likeness (QED) is 0.633. The summed E-state index contributed by atoms with van der Waals surface area (Å²) in [5.74, 6) is 0. The second kappa shape index (κ2) is 7.60. The Hall–Kier alpha value is -0.940. The van der Waals surface area contributed by atoms with Crippen molar-refractivity contribution in [1.29, 1.82) is 0 Å². The molecular formula is C15H16O2S2. The Kier molecular flexibility index (Phi) is 5.79. The van der Waals surface area contributed by atoms with Crippen LogP contribution in [0.3, 0.4) is 0 Å². The van der Waals surface area contributed by atoms with Crippen molar-refractivity contribution in [3.8, 4) is 0 Å². The van der Waals surface area contributed by atoms with Crippen molar-refractivity contribution in [2.75, 3.05) is 6.61 Å². The lowest BCUT2D eigenvalue weighted by Crippen LogP contribution is -2.23. The van der Waals surface area contributed by atoms with Crippen LogP contribution in [-0.2, 0) is 0 Å². The van der Waals surface area contributed by atoms with Crippen LogP contribution in [0.1, 0.15) is 0 Å². The molecule has 2 nitrogen and oxygen atoms in total. The molecule has 0 spiro atoms. The Morgan fingerprint density at radius 3 is 1.58 bits per heavy atom. The summed E-state index contributed by atoms with van der Waals surface area (Å²) in [4.78, 5) is 2.17. The molecule has 0 fully saturated rings. The van der Waals surface area contributed by atoms with Crippen molar-refractivity contribution < 1.29 is 10.2 Å². The van der Waals surface area contributed by atoms with Crippen LogP contribution in [0.25, 0.3) is 0 Å². The Morgan fingerprint density at radius 2 is 1.21 bits per heavy atom. The minimum atomic E-state index is -0.754. The molecule has 100 valence electrons. The van der Waals surface area contributed by atoms with Crippen molar-refractivity contribution in [3.63, 3.8) is 0 Å². The number of thioether (sulfide) groups is 2. The van der Waals surface area contributed by atoms with Gasteiger partial charge >= 0.3 is 0 Å². The lowest BCUT2D eigenvalue weighted by Gasteiger charge is -2.20. The number of hydrogen-bond acceptors (Lipinski definition) is 4. The van der Waals surface area contributed by atoms with Gasteiger partial charge in [-0.2, -0.15) is 0 Å². The van der Waals surface area contributed by atoms with Gasteiger partial charge < -0.3 is 10.2 Å². The second-order valence-electron chi connectivity index (χ2n) is 3.98. The number of aliphatic hydroxyl groups is 2. The van der Waals surface area contributed by atoms with Gasteiger partial charge in [-0.3, -0.25) is 0 Å². The maximum Gasteiger partial charge on any atom is 0.0987 e. The summed E-state index contributed by atoms with van der Waals surface area (Å²) in [6, 6.07) is 19.8. The van der Waals surface area contributed by atoms with Crippen molar-refractivity contribution in [3.05, 3.63) is 60.7 Å². The summed E-state index contributed by atoms with van der Waals surface area (Å²) in [5.41, 5.74) is 0. The Morgan fingerprint density at radius 1 is 0.789 bits per heavy atom. The summed E-state index contributed by atoms with van der Waals surface area (Å²) in [6.45, 7) is -0.232. The van der Waals surface area contributed by atoms with Gasteiger partial charge in [0.05, 0.1) is 17.3 Å². The molecule has 2 rings (SSSR count). The molecule has 0 radical (unpaired) electrons. The third kappa shape index (κ3) is 4.58. The largest absolute Gasteiger partial charge is 0.394 e. The van der Waals surface area contributed by atoms with Crippen molar-refractivity contribution in [2.45, 2.75) is 20.5 Å². The van der Waals surface area contributed by atoms with E-state index in [9.17, 15) is 10.2 Å². The van der Waals surface area contributed by atoms with Crippen LogP contribution in [0.4, 0.5) is 0 Å². The lowest BCUT2D eigenvalue weighted by molar-refractivity contribution is 0.108. The highest BCUT2D eigenvalue weighted by Gasteiger charge is 2.21. The number of aliphatic hydroxyl groups excluding tert-OH is 2. The molecule has 0 saturated carbocycles. The molecule has 1 unspecified atom stereocenters. The van der Waals surface area contributed by atoms with E-state index in [0.29, 0.717) is 0 Å². The highest BCUT2D eigenvalue weighted by molar-refractivity contribution is 8.17. The molecule has 2 aromatic rings. The third-order valence-electron chi connectivity index (χ3n) is 2.49. The summed E-state index contributed by atoms with van der Waals surface area (Å²) >= 11 is 3.14. The van der Waals surface area contributed by atoms with Crippen LogP contribution in [0, 0.1) is 0 Å². The zero-order valence-electron chi connectivity index (χ0n) is 10.3. The fourth-order valence-corrected chi connectivity index (χ4v) is 4.04. The normalized spacial score (nSPS) is 12.6. The summed E-state index contributed by atoms with van der Waals surface area (Å²) in [5, 5.41) is 19.1. The predicted octanol–water partition coefficient (Wildman–Crippen LogP) is 3.25. The standard InChI is InChI=1S/C15H16O2S2/c16-11-14(17)15(18-12-7-3-1-4-8-12)19-13-9-5-2-6-10-13/h1-10,14-17H,11H2. The van der Waals surface area contributed by atoms with Gasteiger partial charge in [-0.15, -0.1) is 23.5 Å². The molecule has 0 saturated heterocycles. The highest BCUT2D eigenvalue weighted by Crippen LogP contribution is 2.37. The number of rotatable bonds is 6. The van der Waals surface area contributed by atoms with Gasteiger partial charge in [0.15, 0.2) is 0 Å².